The molecule has 8 heteroatoms. The van der Waals surface area contributed by atoms with Crippen LogP contribution < -0.4 is 5.32 Å². The highest BCUT2D eigenvalue weighted by atomic mass is 127. The Hall–Kier alpha value is -0.870. The van der Waals surface area contributed by atoms with Crippen molar-refractivity contribution < 1.29 is 8.42 Å². The zero-order valence-electron chi connectivity index (χ0n) is 18.7. The highest BCUT2D eigenvalue weighted by molar-refractivity contribution is 14.0. The summed E-state index contributed by atoms with van der Waals surface area (Å²) in [4.78, 5) is 8.96. The van der Waals surface area contributed by atoms with Crippen molar-refractivity contribution in [3.63, 3.8) is 0 Å². The third-order valence-electron chi connectivity index (χ3n) is 6.31. The lowest BCUT2D eigenvalue weighted by atomic mass is 9.99. The maximum atomic E-state index is 12.2. The molecule has 3 rings (SSSR count). The normalized spacial score (nSPS) is 22.4. The largest absolute Gasteiger partial charge is 0.352 e. The average molecular weight is 549 g/mol. The molecule has 1 N–H and O–H groups in total. The van der Waals surface area contributed by atoms with E-state index in [2.05, 4.69) is 46.4 Å². The molecule has 0 amide bonds. The minimum Gasteiger partial charge on any atom is -0.352 e. The molecule has 0 radical (unpaired) electrons. The van der Waals surface area contributed by atoms with Crippen LogP contribution in [0.5, 0.6) is 0 Å². The number of sulfone groups is 1. The van der Waals surface area contributed by atoms with Gasteiger partial charge in [-0.1, -0.05) is 31.2 Å². The number of nitrogens with zero attached hydrogens (tertiary/aromatic N) is 3. The van der Waals surface area contributed by atoms with Gasteiger partial charge in [0.2, 0.25) is 0 Å². The average Bonchev–Trinajstić information content (AvgIpc) is 2.68. The lowest BCUT2D eigenvalue weighted by molar-refractivity contribution is 0.185. The zero-order valence-corrected chi connectivity index (χ0v) is 21.9. The molecule has 0 aromatic heterocycles. The van der Waals surface area contributed by atoms with E-state index in [9.17, 15) is 8.42 Å². The van der Waals surface area contributed by atoms with Gasteiger partial charge in [-0.05, 0) is 56.8 Å². The van der Waals surface area contributed by atoms with E-state index in [1.165, 1.54) is 37.1 Å². The number of halogens is 1. The van der Waals surface area contributed by atoms with Crippen molar-refractivity contribution in [2.24, 2.45) is 10.9 Å². The van der Waals surface area contributed by atoms with Crippen molar-refractivity contribution >= 4 is 39.8 Å². The van der Waals surface area contributed by atoms with E-state index in [1.54, 1.807) is 20.9 Å². The summed E-state index contributed by atoms with van der Waals surface area (Å²) in [6.45, 7) is 11.0. The number of aliphatic imine (C=N–C) groups is 1. The minimum absolute atomic E-state index is 0. The maximum absolute atomic E-state index is 12.2. The standard InChI is InChI=1S/C22H36N4O2S.HI/c1-18-9-11-25(12-10-18)16-20-7-5-19(6-8-20)15-24-21(23-4)26-13-14-29(27,28)22(2,3)17-26;/h5-8,18H,9-17H2,1-4H3,(H,23,24);1H. The molecule has 2 aliphatic heterocycles. The number of nitrogens with one attached hydrogen (secondary N) is 1. The third kappa shape index (κ3) is 6.32. The molecular formula is C22H37IN4O2S. The molecule has 2 fully saturated rings. The molecule has 1 aromatic carbocycles. The molecule has 0 bridgehead atoms. The second kappa shape index (κ2) is 10.6. The van der Waals surface area contributed by atoms with Crippen molar-refractivity contribution in [2.75, 3.05) is 39.0 Å². The number of piperidine rings is 1. The number of hydrogen-bond acceptors (Lipinski definition) is 4. The maximum Gasteiger partial charge on any atom is 0.193 e. The number of benzene rings is 1. The zero-order chi connectivity index (χ0) is 21.1. The predicted octanol–water partition coefficient (Wildman–Crippen LogP) is 3.12. The van der Waals surface area contributed by atoms with E-state index in [0.29, 0.717) is 19.6 Å². The van der Waals surface area contributed by atoms with Crippen LogP contribution in [0.25, 0.3) is 0 Å². The van der Waals surface area contributed by atoms with Crippen LogP contribution in [0.1, 0.15) is 44.7 Å². The molecule has 6 nitrogen and oxygen atoms in total. The van der Waals surface area contributed by atoms with Gasteiger partial charge in [0.15, 0.2) is 15.8 Å². The quantitative estimate of drug-likeness (QED) is 0.356. The van der Waals surface area contributed by atoms with Crippen LogP contribution in [-0.2, 0) is 22.9 Å². The van der Waals surface area contributed by atoms with Crippen molar-refractivity contribution in [3.8, 4) is 0 Å². The first-order valence-corrected chi connectivity index (χ1v) is 12.3. The Balaban J connectivity index is 0.00000320. The van der Waals surface area contributed by atoms with E-state index in [4.69, 9.17) is 0 Å². The first-order valence-electron chi connectivity index (χ1n) is 10.7. The van der Waals surface area contributed by atoms with Gasteiger partial charge >= 0.3 is 0 Å². The van der Waals surface area contributed by atoms with Gasteiger partial charge in [0.1, 0.15) is 0 Å². The fourth-order valence-electron chi connectivity index (χ4n) is 4.08. The van der Waals surface area contributed by atoms with Gasteiger partial charge in [-0.25, -0.2) is 8.42 Å². The second-order valence-electron chi connectivity index (χ2n) is 9.18. The number of rotatable bonds is 4. The molecule has 30 heavy (non-hydrogen) atoms. The molecule has 0 spiro atoms. The van der Waals surface area contributed by atoms with Crippen LogP contribution in [0, 0.1) is 5.92 Å². The number of likely N-dealkylation sites (tertiary alicyclic amines) is 1. The topological polar surface area (TPSA) is 65.0 Å². The lowest BCUT2D eigenvalue weighted by Crippen LogP contribution is -2.57. The first kappa shape index (κ1) is 25.4. The Bertz CT molecular complexity index is 816. The third-order valence-corrected chi connectivity index (χ3v) is 8.84. The molecule has 2 heterocycles. The Kier molecular flexibility index (Phi) is 9.00. The Morgan fingerprint density at radius 2 is 1.73 bits per heavy atom. The second-order valence-corrected chi connectivity index (χ2v) is 11.9. The fraction of sp³-hybridized carbons (Fsp3) is 0.682. The van der Waals surface area contributed by atoms with E-state index in [-0.39, 0.29) is 29.7 Å². The number of hydrogen-bond donors (Lipinski definition) is 1. The summed E-state index contributed by atoms with van der Waals surface area (Å²) in [5.74, 6) is 1.80. The Labute approximate surface area is 199 Å². The summed E-state index contributed by atoms with van der Waals surface area (Å²) in [7, 11) is -1.30. The van der Waals surface area contributed by atoms with Crippen LogP contribution >= 0.6 is 24.0 Å². The summed E-state index contributed by atoms with van der Waals surface area (Å²) in [5.41, 5.74) is 2.56. The molecule has 1 aromatic rings. The van der Waals surface area contributed by atoms with E-state index in [0.717, 1.165) is 18.4 Å². The first-order chi connectivity index (χ1) is 13.7. The van der Waals surface area contributed by atoms with Crippen LogP contribution in [0.15, 0.2) is 29.3 Å². The highest BCUT2D eigenvalue weighted by Gasteiger charge is 2.40. The van der Waals surface area contributed by atoms with Gasteiger partial charge in [0.05, 0.1) is 10.5 Å². The van der Waals surface area contributed by atoms with Gasteiger partial charge in [-0.2, -0.15) is 0 Å². The molecule has 0 atom stereocenters. The van der Waals surface area contributed by atoms with Gasteiger partial charge < -0.3 is 10.2 Å². The summed E-state index contributed by atoms with van der Waals surface area (Å²) in [6.07, 6.45) is 2.60. The van der Waals surface area contributed by atoms with Crippen molar-refractivity contribution in [1.82, 2.24) is 15.1 Å². The number of guanidine groups is 1. The molecule has 0 aliphatic carbocycles. The van der Waals surface area contributed by atoms with Gasteiger partial charge in [0, 0.05) is 33.2 Å². The van der Waals surface area contributed by atoms with Crippen LogP contribution in [0.2, 0.25) is 0 Å². The molecule has 0 unspecified atom stereocenters. The SMILES string of the molecule is CN=C(NCc1ccc(CN2CCC(C)CC2)cc1)N1CCS(=O)(=O)C(C)(C)C1.I. The molecule has 170 valence electrons. The van der Waals surface area contributed by atoms with Crippen molar-refractivity contribution in [3.05, 3.63) is 35.4 Å². The van der Waals surface area contributed by atoms with Crippen molar-refractivity contribution in [2.45, 2.75) is 51.4 Å². The van der Waals surface area contributed by atoms with Gasteiger partial charge in [-0.3, -0.25) is 9.89 Å². The summed E-state index contributed by atoms with van der Waals surface area (Å²) < 4.78 is 23.7. The Morgan fingerprint density at radius 1 is 1.13 bits per heavy atom. The van der Waals surface area contributed by atoms with Crippen LogP contribution in [0.4, 0.5) is 0 Å². The van der Waals surface area contributed by atoms with Gasteiger partial charge in [0.25, 0.3) is 0 Å². The van der Waals surface area contributed by atoms with Crippen LogP contribution in [-0.4, -0.2) is 67.9 Å². The molecule has 2 aliphatic rings. The smallest absolute Gasteiger partial charge is 0.193 e. The van der Waals surface area contributed by atoms with Crippen LogP contribution in [0.3, 0.4) is 0 Å². The Morgan fingerprint density at radius 3 is 2.30 bits per heavy atom. The summed E-state index contributed by atoms with van der Waals surface area (Å²) in [6, 6.07) is 8.78. The van der Waals surface area contributed by atoms with E-state index in [1.807, 2.05) is 4.90 Å². The molecular weight excluding hydrogens is 511 g/mol. The molecule has 2 saturated heterocycles. The lowest BCUT2D eigenvalue weighted by Gasteiger charge is -2.39. The minimum atomic E-state index is -3.05. The van der Waals surface area contributed by atoms with Crippen molar-refractivity contribution in [1.29, 1.82) is 0 Å². The predicted molar refractivity (Wildman–Crippen MR) is 135 cm³/mol. The van der Waals surface area contributed by atoms with E-state index < -0.39 is 14.6 Å². The van der Waals surface area contributed by atoms with E-state index >= 15 is 0 Å². The highest BCUT2D eigenvalue weighted by Crippen LogP contribution is 2.24. The molecule has 0 saturated carbocycles. The summed E-state index contributed by atoms with van der Waals surface area (Å²) >= 11 is 0. The monoisotopic (exact) mass is 548 g/mol. The van der Waals surface area contributed by atoms with Gasteiger partial charge in [-0.15, -0.1) is 24.0 Å². The summed E-state index contributed by atoms with van der Waals surface area (Å²) in [5, 5.41) is 3.40. The fourth-order valence-corrected chi connectivity index (χ4v) is 5.44.